The van der Waals surface area contributed by atoms with Crippen molar-refractivity contribution in [3.05, 3.63) is 41.6 Å². The minimum atomic E-state index is -3.64. The standard InChI is InChI=1S/C13H16N4O5S/c1-8-10(4-5-22-8)12(18)15-16-13(19)11-6-9(7-14-11)23(20,21)17(2)3/h4-7,14H,1-3H3,(H,15,18)(H,16,19). The van der Waals surface area contributed by atoms with Crippen LogP contribution in [0.4, 0.5) is 0 Å². The normalized spacial score (nSPS) is 11.5. The topological polar surface area (TPSA) is 125 Å². The summed E-state index contributed by atoms with van der Waals surface area (Å²) in [4.78, 5) is 26.2. The maximum atomic E-state index is 11.9. The van der Waals surface area contributed by atoms with Crippen molar-refractivity contribution in [3.8, 4) is 0 Å². The van der Waals surface area contributed by atoms with Crippen LogP contribution in [-0.2, 0) is 10.0 Å². The van der Waals surface area contributed by atoms with E-state index in [1.165, 1.54) is 38.7 Å². The van der Waals surface area contributed by atoms with Crippen LogP contribution in [0.25, 0.3) is 0 Å². The molecule has 0 saturated heterocycles. The number of carbonyl (C=O) groups excluding carboxylic acids is 2. The first-order chi connectivity index (χ1) is 10.7. The van der Waals surface area contributed by atoms with Gasteiger partial charge in [-0.2, -0.15) is 0 Å². The molecule has 2 amide bonds. The second kappa shape index (κ2) is 6.26. The summed E-state index contributed by atoms with van der Waals surface area (Å²) in [6, 6.07) is 2.65. The summed E-state index contributed by atoms with van der Waals surface area (Å²) in [5.41, 5.74) is 4.68. The van der Waals surface area contributed by atoms with Crippen molar-refractivity contribution in [1.82, 2.24) is 20.1 Å². The lowest BCUT2D eigenvalue weighted by atomic mass is 10.2. The van der Waals surface area contributed by atoms with Gasteiger partial charge in [-0.15, -0.1) is 0 Å². The summed E-state index contributed by atoms with van der Waals surface area (Å²) in [7, 11) is -0.871. The summed E-state index contributed by atoms with van der Waals surface area (Å²) in [6.07, 6.45) is 2.56. The van der Waals surface area contributed by atoms with E-state index in [4.69, 9.17) is 4.42 Å². The third-order valence-corrected chi connectivity index (χ3v) is 4.87. The maximum absolute atomic E-state index is 11.9. The van der Waals surface area contributed by atoms with Gasteiger partial charge in [0.15, 0.2) is 0 Å². The fraction of sp³-hybridized carbons (Fsp3) is 0.231. The first kappa shape index (κ1) is 16.8. The molecule has 0 atom stereocenters. The van der Waals surface area contributed by atoms with Crippen molar-refractivity contribution < 1.29 is 22.4 Å². The highest BCUT2D eigenvalue weighted by molar-refractivity contribution is 7.89. The molecule has 10 heteroatoms. The van der Waals surface area contributed by atoms with E-state index in [9.17, 15) is 18.0 Å². The maximum Gasteiger partial charge on any atom is 0.286 e. The Balaban J connectivity index is 2.04. The fourth-order valence-corrected chi connectivity index (χ4v) is 2.63. The van der Waals surface area contributed by atoms with Crippen molar-refractivity contribution in [2.75, 3.05) is 14.1 Å². The molecule has 3 N–H and O–H groups in total. The number of rotatable bonds is 4. The molecule has 2 aromatic heterocycles. The van der Waals surface area contributed by atoms with Crippen molar-refractivity contribution >= 4 is 21.8 Å². The van der Waals surface area contributed by atoms with Crippen LogP contribution in [0, 0.1) is 6.92 Å². The predicted octanol–water partition coefficient (Wildman–Crippen LogP) is 0.241. The summed E-state index contributed by atoms with van der Waals surface area (Å²) >= 11 is 0. The molecular formula is C13H16N4O5S. The van der Waals surface area contributed by atoms with Crippen LogP contribution in [0.1, 0.15) is 26.6 Å². The quantitative estimate of drug-likeness (QED) is 0.688. The van der Waals surface area contributed by atoms with E-state index < -0.39 is 21.8 Å². The van der Waals surface area contributed by atoms with Gasteiger partial charge in [-0.3, -0.25) is 20.4 Å². The molecule has 9 nitrogen and oxygen atoms in total. The highest BCUT2D eigenvalue weighted by atomic mass is 32.2. The number of furan rings is 1. The molecule has 0 aromatic carbocycles. The molecule has 2 aromatic rings. The second-order valence-corrected chi connectivity index (χ2v) is 6.99. The SMILES string of the molecule is Cc1occc1C(=O)NNC(=O)c1cc(S(=O)(=O)N(C)C)c[nH]1. The number of aromatic nitrogens is 1. The Labute approximate surface area is 132 Å². The van der Waals surface area contributed by atoms with Gasteiger partial charge in [0, 0.05) is 20.3 Å². The minimum absolute atomic E-state index is 0.00496. The Hall–Kier alpha value is -2.59. The average Bonchev–Trinajstić information content (AvgIpc) is 3.13. The van der Waals surface area contributed by atoms with Crippen LogP contribution in [0.3, 0.4) is 0 Å². The van der Waals surface area contributed by atoms with Gasteiger partial charge in [0.25, 0.3) is 11.8 Å². The third-order valence-electron chi connectivity index (χ3n) is 3.07. The van der Waals surface area contributed by atoms with E-state index in [1.807, 2.05) is 0 Å². The smallest absolute Gasteiger partial charge is 0.286 e. The van der Waals surface area contributed by atoms with Gasteiger partial charge in [-0.1, -0.05) is 0 Å². The zero-order chi connectivity index (χ0) is 17.2. The number of amides is 2. The largest absolute Gasteiger partial charge is 0.469 e. The van der Waals surface area contributed by atoms with Crippen molar-refractivity contribution in [3.63, 3.8) is 0 Å². The molecule has 124 valence electrons. The highest BCUT2D eigenvalue weighted by Gasteiger charge is 2.21. The predicted molar refractivity (Wildman–Crippen MR) is 80.0 cm³/mol. The molecule has 0 unspecified atom stereocenters. The zero-order valence-corrected chi connectivity index (χ0v) is 13.5. The highest BCUT2D eigenvalue weighted by Crippen LogP contribution is 2.14. The second-order valence-electron chi connectivity index (χ2n) is 4.84. The Kier molecular flexibility index (Phi) is 4.57. The van der Waals surface area contributed by atoms with Gasteiger partial charge < -0.3 is 9.40 Å². The number of hydrazine groups is 1. The van der Waals surface area contributed by atoms with Gasteiger partial charge >= 0.3 is 0 Å². The van der Waals surface area contributed by atoms with E-state index >= 15 is 0 Å². The first-order valence-electron chi connectivity index (χ1n) is 6.49. The number of nitrogens with zero attached hydrogens (tertiary/aromatic N) is 1. The number of carbonyl (C=O) groups is 2. The Morgan fingerprint density at radius 3 is 2.43 bits per heavy atom. The summed E-state index contributed by atoms with van der Waals surface area (Å²) in [5, 5.41) is 0. The number of nitrogens with one attached hydrogen (secondary N) is 3. The van der Waals surface area contributed by atoms with E-state index in [-0.39, 0.29) is 16.2 Å². The van der Waals surface area contributed by atoms with Crippen LogP contribution in [0.15, 0.2) is 33.9 Å². The molecule has 0 fully saturated rings. The molecule has 0 saturated carbocycles. The van der Waals surface area contributed by atoms with Gasteiger partial charge in [0.05, 0.1) is 11.8 Å². The van der Waals surface area contributed by atoms with E-state index in [2.05, 4.69) is 15.8 Å². The lowest BCUT2D eigenvalue weighted by Gasteiger charge is -2.08. The third kappa shape index (κ3) is 3.43. The molecule has 23 heavy (non-hydrogen) atoms. The number of hydrogen-bond donors (Lipinski definition) is 3. The lowest BCUT2D eigenvalue weighted by molar-refractivity contribution is 0.0843. The van der Waals surface area contributed by atoms with Crippen molar-refractivity contribution in [2.45, 2.75) is 11.8 Å². The number of aryl methyl sites for hydroxylation is 1. The number of sulfonamides is 1. The van der Waals surface area contributed by atoms with Gasteiger partial charge in [0.2, 0.25) is 10.0 Å². The average molecular weight is 340 g/mol. The Morgan fingerprint density at radius 2 is 1.87 bits per heavy atom. The Bertz CT molecular complexity index is 834. The van der Waals surface area contributed by atoms with Gasteiger partial charge in [-0.25, -0.2) is 12.7 Å². The zero-order valence-electron chi connectivity index (χ0n) is 12.7. The van der Waals surface area contributed by atoms with Crippen LogP contribution < -0.4 is 10.9 Å². The fourth-order valence-electron chi connectivity index (χ4n) is 1.73. The number of aromatic amines is 1. The summed E-state index contributed by atoms with van der Waals surface area (Å²) < 4.78 is 29.9. The first-order valence-corrected chi connectivity index (χ1v) is 7.93. The number of hydrogen-bond acceptors (Lipinski definition) is 5. The van der Waals surface area contributed by atoms with E-state index in [0.29, 0.717) is 5.76 Å². The molecule has 0 spiro atoms. The molecule has 0 bridgehead atoms. The van der Waals surface area contributed by atoms with E-state index in [0.717, 1.165) is 4.31 Å². The molecular weight excluding hydrogens is 324 g/mol. The summed E-state index contributed by atoms with van der Waals surface area (Å²) in [6.45, 7) is 1.61. The van der Waals surface area contributed by atoms with E-state index in [1.54, 1.807) is 6.92 Å². The molecule has 0 radical (unpaired) electrons. The van der Waals surface area contributed by atoms with Crippen LogP contribution in [0.5, 0.6) is 0 Å². The summed E-state index contributed by atoms with van der Waals surface area (Å²) in [5.74, 6) is -0.812. The van der Waals surface area contributed by atoms with Crippen molar-refractivity contribution in [2.24, 2.45) is 0 Å². The van der Waals surface area contributed by atoms with Crippen LogP contribution in [0.2, 0.25) is 0 Å². The molecule has 0 aliphatic heterocycles. The van der Waals surface area contributed by atoms with Gasteiger partial charge in [0.1, 0.15) is 16.3 Å². The van der Waals surface area contributed by atoms with Crippen LogP contribution in [-0.4, -0.2) is 43.6 Å². The minimum Gasteiger partial charge on any atom is -0.469 e. The van der Waals surface area contributed by atoms with Crippen LogP contribution >= 0.6 is 0 Å². The molecule has 2 heterocycles. The molecule has 0 aliphatic rings. The monoisotopic (exact) mass is 340 g/mol. The van der Waals surface area contributed by atoms with Crippen molar-refractivity contribution in [1.29, 1.82) is 0 Å². The molecule has 0 aliphatic carbocycles. The Morgan fingerprint density at radius 1 is 1.22 bits per heavy atom. The number of H-pyrrole nitrogens is 1. The lowest BCUT2D eigenvalue weighted by Crippen LogP contribution is -2.41. The molecule has 2 rings (SSSR count). The van der Waals surface area contributed by atoms with Gasteiger partial charge in [-0.05, 0) is 19.1 Å².